The molecular weight excluding hydrogens is 304 g/mol. The Labute approximate surface area is 140 Å². The van der Waals surface area contributed by atoms with E-state index in [1.165, 1.54) is 0 Å². The van der Waals surface area contributed by atoms with Gasteiger partial charge in [0.2, 0.25) is 0 Å². The number of aromatic nitrogens is 1. The summed E-state index contributed by atoms with van der Waals surface area (Å²) in [6.07, 6.45) is 1.70. The van der Waals surface area contributed by atoms with Crippen molar-refractivity contribution in [3.05, 3.63) is 60.3 Å². The van der Waals surface area contributed by atoms with Crippen LogP contribution >= 0.6 is 0 Å². The molecule has 0 fully saturated rings. The molecule has 0 bridgehead atoms. The first-order valence-corrected chi connectivity index (χ1v) is 7.69. The minimum atomic E-state index is -0.187. The van der Waals surface area contributed by atoms with E-state index in [0.29, 0.717) is 29.1 Å². The van der Waals surface area contributed by atoms with Gasteiger partial charge in [-0.25, -0.2) is 0 Å². The first-order chi connectivity index (χ1) is 11.7. The van der Waals surface area contributed by atoms with Gasteiger partial charge in [0.1, 0.15) is 17.0 Å². The van der Waals surface area contributed by atoms with Crippen LogP contribution in [0, 0.1) is 0 Å². The fraction of sp³-hybridized carbons (Fsp3) is 0.158. The number of fused-ring (bicyclic) bond motifs is 1. The van der Waals surface area contributed by atoms with Gasteiger partial charge in [-0.3, -0.25) is 9.78 Å². The third-order valence-electron chi connectivity index (χ3n) is 3.63. The highest BCUT2D eigenvalue weighted by Crippen LogP contribution is 2.30. The lowest BCUT2D eigenvalue weighted by molar-refractivity contribution is 0.102. The van der Waals surface area contributed by atoms with Gasteiger partial charge in [-0.15, -0.1) is 0 Å². The van der Waals surface area contributed by atoms with Crippen molar-refractivity contribution in [2.24, 2.45) is 0 Å². The number of amides is 1. The van der Waals surface area contributed by atoms with Gasteiger partial charge >= 0.3 is 0 Å². The molecule has 0 aliphatic rings. The van der Waals surface area contributed by atoms with Crippen molar-refractivity contribution in [2.45, 2.75) is 6.92 Å². The Morgan fingerprint density at radius 2 is 1.92 bits per heavy atom. The zero-order chi connectivity index (χ0) is 16.9. The SMILES string of the molecule is CCOc1ccc(C(=O)Nc2ccc(OC)c3ncccc23)cc1. The van der Waals surface area contributed by atoms with Crippen molar-refractivity contribution in [1.29, 1.82) is 0 Å². The molecule has 0 saturated carbocycles. The van der Waals surface area contributed by atoms with E-state index in [0.717, 1.165) is 11.1 Å². The molecule has 0 unspecified atom stereocenters. The van der Waals surface area contributed by atoms with E-state index < -0.39 is 0 Å². The molecule has 3 rings (SSSR count). The molecule has 0 aliphatic heterocycles. The second-order valence-electron chi connectivity index (χ2n) is 5.13. The average Bonchev–Trinajstić information content (AvgIpc) is 2.63. The molecule has 5 nitrogen and oxygen atoms in total. The summed E-state index contributed by atoms with van der Waals surface area (Å²) in [5.41, 5.74) is 1.97. The molecule has 1 N–H and O–H groups in total. The van der Waals surface area contributed by atoms with Crippen LogP contribution in [-0.4, -0.2) is 24.6 Å². The van der Waals surface area contributed by atoms with Crippen LogP contribution in [0.3, 0.4) is 0 Å². The topological polar surface area (TPSA) is 60.5 Å². The van der Waals surface area contributed by atoms with Gasteiger partial charge in [0.15, 0.2) is 0 Å². The fourth-order valence-electron chi connectivity index (χ4n) is 2.48. The lowest BCUT2D eigenvalue weighted by atomic mass is 10.1. The predicted octanol–water partition coefficient (Wildman–Crippen LogP) is 3.89. The summed E-state index contributed by atoms with van der Waals surface area (Å²) in [6.45, 7) is 2.51. The smallest absolute Gasteiger partial charge is 0.255 e. The zero-order valence-corrected chi connectivity index (χ0v) is 13.6. The maximum Gasteiger partial charge on any atom is 0.255 e. The van der Waals surface area contributed by atoms with Gasteiger partial charge in [-0.1, -0.05) is 0 Å². The summed E-state index contributed by atoms with van der Waals surface area (Å²) in [5.74, 6) is 1.23. The van der Waals surface area contributed by atoms with Gasteiger partial charge in [-0.05, 0) is 55.5 Å². The Kier molecular flexibility index (Phi) is 4.61. The number of rotatable bonds is 5. The molecule has 0 spiro atoms. The molecule has 1 aromatic heterocycles. The Morgan fingerprint density at radius 3 is 2.62 bits per heavy atom. The maximum atomic E-state index is 12.5. The van der Waals surface area contributed by atoms with Crippen LogP contribution in [0.5, 0.6) is 11.5 Å². The van der Waals surface area contributed by atoms with Gasteiger partial charge < -0.3 is 14.8 Å². The fourth-order valence-corrected chi connectivity index (χ4v) is 2.48. The van der Waals surface area contributed by atoms with Crippen LogP contribution in [0.25, 0.3) is 10.9 Å². The van der Waals surface area contributed by atoms with Crippen molar-refractivity contribution >= 4 is 22.5 Å². The van der Waals surface area contributed by atoms with E-state index >= 15 is 0 Å². The normalized spacial score (nSPS) is 10.4. The summed E-state index contributed by atoms with van der Waals surface area (Å²) in [4.78, 5) is 16.8. The van der Waals surface area contributed by atoms with Gasteiger partial charge in [0.25, 0.3) is 5.91 Å². The molecular formula is C19H18N2O3. The maximum absolute atomic E-state index is 12.5. The number of methoxy groups -OCH3 is 1. The van der Waals surface area contributed by atoms with E-state index in [1.807, 2.05) is 25.1 Å². The molecule has 3 aromatic rings. The lowest BCUT2D eigenvalue weighted by Crippen LogP contribution is -2.12. The molecule has 0 aliphatic carbocycles. The highest BCUT2D eigenvalue weighted by Gasteiger charge is 2.11. The summed E-state index contributed by atoms with van der Waals surface area (Å²) >= 11 is 0. The number of pyridine rings is 1. The third-order valence-corrected chi connectivity index (χ3v) is 3.63. The number of anilines is 1. The van der Waals surface area contributed by atoms with E-state index in [2.05, 4.69) is 10.3 Å². The Morgan fingerprint density at radius 1 is 1.12 bits per heavy atom. The minimum absolute atomic E-state index is 0.187. The molecule has 0 saturated heterocycles. The summed E-state index contributed by atoms with van der Waals surface area (Å²) in [6, 6.07) is 14.4. The van der Waals surface area contributed by atoms with Crippen LogP contribution in [-0.2, 0) is 0 Å². The number of carbonyl (C=O) groups is 1. The Bertz CT molecular complexity index is 860. The monoisotopic (exact) mass is 322 g/mol. The second-order valence-corrected chi connectivity index (χ2v) is 5.13. The van der Waals surface area contributed by atoms with Crippen molar-refractivity contribution in [3.63, 3.8) is 0 Å². The lowest BCUT2D eigenvalue weighted by Gasteiger charge is -2.11. The molecule has 0 atom stereocenters. The summed E-state index contributed by atoms with van der Waals surface area (Å²) in [5, 5.41) is 3.76. The number of carbonyl (C=O) groups excluding carboxylic acids is 1. The van der Waals surface area contributed by atoms with Crippen molar-refractivity contribution in [2.75, 3.05) is 19.0 Å². The van der Waals surface area contributed by atoms with E-state index in [4.69, 9.17) is 9.47 Å². The molecule has 122 valence electrons. The third kappa shape index (κ3) is 3.15. The number of ether oxygens (including phenoxy) is 2. The summed E-state index contributed by atoms with van der Waals surface area (Å²) in [7, 11) is 1.60. The highest BCUT2D eigenvalue weighted by molar-refractivity contribution is 6.09. The van der Waals surface area contributed by atoms with Crippen LogP contribution < -0.4 is 14.8 Å². The highest BCUT2D eigenvalue weighted by atomic mass is 16.5. The Balaban J connectivity index is 1.88. The average molecular weight is 322 g/mol. The van der Waals surface area contributed by atoms with Gasteiger partial charge in [0, 0.05) is 17.1 Å². The molecule has 24 heavy (non-hydrogen) atoms. The number of hydrogen-bond acceptors (Lipinski definition) is 4. The molecule has 0 radical (unpaired) electrons. The van der Waals surface area contributed by atoms with Crippen LogP contribution in [0.2, 0.25) is 0 Å². The first-order valence-electron chi connectivity index (χ1n) is 7.69. The molecule has 2 aromatic carbocycles. The van der Waals surface area contributed by atoms with Gasteiger partial charge in [0.05, 0.1) is 19.4 Å². The van der Waals surface area contributed by atoms with Gasteiger partial charge in [-0.2, -0.15) is 0 Å². The largest absolute Gasteiger partial charge is 0.494 e. The van der Waals surface area contributed by atoms with Crippen molar-refractivity contribution in [3.8, 4) is 11.5 Å². The Hall–Kier alpha value is -3.08. The standard InChI is InChI=1S/C19H18N2O3/c1-3-24-14-8-6-13(7-9-14)19(22)21-16-10-11-17(23-2)18-15(16)5-4-12-20-18/h4-12H,3H2,1-2H3,(H,21,22). The zero-order valence-electron chi connectivity index (χ0n) is 13.6. The van der Waals surface area contributed by atoms with E-state index in [-0.39, 0.29) is 5.91 Å². The predicted molar refractivity (Wildman–Crippen MR) is 93.9 cm³/mol. The molecule has 1 amide bonds. The van der Waals surface area contributed by atoms with Crippen LogP contribution in [0.15, 0.2) is 54.7 Å². The number of hydrogen-bond donors (Lipinski definition) is 1. The first kappa shape index (κ1) is 15.8. The number of benzene rings is 2. The van der Waals surface area contributed by atoms with Crippen LogP contribution in [0.1, 0.15) is 17.3 Å². The summed E-state index contributed by atoms with van der Waals surface area (Å²) < 4.78 is 10.7. The van der Waals surface area contributed by atoms with Crippen molar-refractivity contribution in [1.82, 2.24) is 4.98 Å². The quantitative estimate of drug-likeness (QED) is 0.774. The number of nitrogens with one attached hydrogen (secondary N) is 1. The van der Waals surface area contributed by atoms with E-state index in [1.54, 1.807) is 43.6 Å². The molecule has 5 heteroatoms. The van der Waals surface area contributed by atoms with Crippen molar-refractivity contribution < 1.29 is 14.3 Å². The molecule has 1 heterocycles. The number of nitrogens with zero attached hydrogens (tertiary/aromatic N) is 1. The minimum Gasteiger partial charge on any atom is -0.494 e. The van der Waals surface area contributed by atoms with E-state index in [9.17, 15) is 4.79 Å². The van der Waals surface area contributed by atoms with Crippen LogP contribution in [0.4, 0.5) is 5.69 Å². The second kappa shape index (κ2) is 7.00.